The normalized spacial score (nSPS) is 18.6. The van der Waals surface area contributed by atoms with E-state index in [4.69, 9.17) is 0 Å². The molecular weight excluding hydrogens is 248 g/mol. The summed E-state index contributed by atoms with van der Waals surface area (Å²) in [5.74, 6) is 0.843. The van der Waals surface area contributed by atoms with Crippen LogP contribution in [0.5, 0.6) is 0 Å². The third kappa shape index (κ3) is 4.32. The van der Waals surface area contributed by atoms with Crippen LogP contribution in [0.2, 0.25) is 0 Å². The number of piperidine rings is 1. The van der Waals surface area contributed by atoms with E-state index in [-0.39, 0.29) is 5.54 Å². The lowest BCUT2D eigenvalue weighted by Gasteiger charge is -2.31. The molecule has 4 nitrogen and oxygen atoms in total. The summed E-state index contributed by atoms with van der Waals surface area (Å²) in [4.78, 5) is 2.55. The van der Waals surface area contributed by atoms with E-state index < -0.39 is 0 Å². The van der Waals surface area contributed by atoms with Gasteiger partial charge in [0.25, 0.3) is 0 Å². The molecule has 1 N–H and O–H groups in total. The lowest BCUT2D eigenvalue weighted by Crippen LogP contribution is -2.36. The maximum atomic E-state index is 4.44. The molecule has 1 aromatic rings. The molecule has 1 aliphatic heterocycles. The minimum atomic E-state index is 0.0746. The van der Waals surface area contributed by atoms with Crippen molar-refractivity contribution in [2.45, 2.75) is 52.6 Å². The van der Waals surface area contributed by atoms with Gasteiger partial charge in [0.1, 0.15) is 0 Å². The fourth-order valence-corrected chi connectivity index (χ4v) is 2.75. The number of aromatic nitrogens is 2. The highest BCUT2D eigenvalue weighted by Gasteiger charge is 2.18. The molecule has 1 saturated heterocycles. The predicted octanol–water partition coefficient (Wildman–Crippen LogP) is 2.46. The minimum Gasteiger partial charge on any atom is -0.312 e. The van der Waals surface area contributed by atoms with Crippen molar-refractivity contribution in [3.8, 4) is 0 Å². The Kier molecular flexibility index (Phi) is 5.22. The van der Waals surface area contributed by atoms with E-state index in [0.29, 0.717) is 0 Å². The van der Waals surface area contributed by atoms with Gasteiger partial charge < -0.3 is 10.2 Å². The van der Waals surface area contributed by atoms with Crippen LogP contribution in [0, 0.1) is 5.92 Å². The second kappa shape index (κ2) is 6.72. The third-order valence-electron chi connectivity index (χ3n) is 4.24. The Morgan fingerprint density at radius 1 is 1.30 bits per heavy atom. The van der Waals surface area contributed by atoms with Crippen molar-refractivity contribution in [3.63, 3.8) is 0 Å². The SMILES string of the molecule is CCN1CCC(CNCc2cnn(C(C)(C)C)c2)CC1. The number of rotatable bonds is 5. The summed E-state index contributed by atoms with van der Waals surface area (Å²) in [6.45, 7) is 14.6. The van der Waals surface area contributed by atoms with Crippen LogP contribution in [-0.2, 0) is 12.1 Å². The van der Waals surface area contributed by atoms with Crippen LogP contribution in [0.25, 0.3) is 0 Å². The number of hydrogen-bond acceptors (Lipinski definition) is 3. The summed E-state index contributed by atoms with van der Waals surface area (Å²) >= 11 is 0. The van der Waals surface area contributed by atoms with Gasteiger partial charge in [0.15, 0.2) is 0 Å². The molecule has 1 aliphatic rings. The predicted molar refractivity (Wildman–Crippen MR) is 83.8 cm³/mol. The summed E-state index contributed by atoms with van der Waals surface area (Å²) < 4.78 is 2.05. The molecule has 0 unspecified atom stereocenters. The van der Waals surface area contributed by atoms with Crippen molar-refractivity contribution in [1.29, 1.82) is 0 Å². The van der Waals surface area contributed by atoms with Crippen LogP contribution in [0.1, 0.15) is 46.1 Å². The monoisotopic (exact) mass is 278 g/mol. The van der Waals surface area contributed by atoms with Gasteiger partial charge in [-0.25, -0.2) is 0 Å². The van der Waals surface area contributed by atoms with Crippen molar-refractivity contribution in [2.75, 3.05) is 26.2 Å². The van der Waals surface area contributed by atoms with Crippen molar-refractivity contribution < 1.29 is 0 Å². The summed E-state index contributed by atoms with van der Waals surface area (Å²) in [7, 11) is 0. The summed E-state index contributed by atoms with van der Waals surface area (Å²) in [6, 6.07) is 0. The smallest absolute Gasteiger partial charge is 0.0543 e. The molecule has 114 valence electrons. The summed E-state index contributed by atoms with van der Waals surface area (Å²) in [5.41, 5.74) is 1.36. The van der Waals surface area contributed by atoms with Gasteiger partial charge in [0.05, 0.1) is 11.7 Å². The first-order valence-corrected chi connectivity index (χ1v) is 7.96. The maximum Gasteiger partial charge on any atom is 0.0543 e. The average Bonchev–Trinajstić information content (AvgIpc) is 2.88. The van der Waals surface area contributed by atoms with Gasteiger partial charge in [0.2, 0.25) is 0 Å². The zero-order valence-electron chi connectivity index (χ0n) is 13.5. The first-order chi connectivity index (χ1) is 9.49. The molecule has 0 radical (unpaired) electrons. The molecule has 0 saturated carbocycles. The Morgan fingerprint density at radius 3 is 2.55 bits per heavy atom. The Morgan fingerprint density at radius 2 is 2.00 bits per heavy atom. The van der Waals surface area contributed by atoms with Crippen LogP contribution in [0.15, 0.2) is 12.4 Å². The van der Waals surface area contributed by atoms with E-state index in [0.717, 1.165) is 19.0 Å². The Bertz CT molecular complexity index is 397. The van der Waals surface area contributed by atoms with E-state index >= 15 is 0 Å². The molecule has 2 heterocycles. The Hall–Kier alpha value is -0.870. The van der Waals surface area contributed by atoms with E-state index in [1.54, 1.807) is 0 Å². The second-order valence-electron chi connectivity index (χ2n) is 6.97. The lowest BCUT2D eigenvalue weighted by atomic mass is 9.97. The van der Waals surface area contributed by atoms with Crippen molar-refractivity contribution in [2.24, 2.45) is 5.92 Å². The van der Waals surface area contributed by atoms with Crippen molar-refractivity contribution in [1.82, 2.24) is 20.0 Å². The van der Waals surface area contributed by atoms with Gasteiger partial charge in [-0.3, -0.25) is 4.68 Å². The van der Waals surface area contributed by atoms with E-state index in [9.17, 15) is 0 Å². The minimum absolute atomic E-state index is 0.0746. The highest BCUT2D eigenvalue weighted by molar-refractivity contribution is 5.04. The summed E-state index contributed by atoms with van der Waals surface area (Å²) in [5, 5.41) is 8.04. The van der Waals surface area contributed by atoms with Gasteiger partial charge in [-0.1, -0.05) is 6.92 Å². The molecule has 0 spiro atoms. The Labute approximate surface area is 123 Å². The largest absolute Gasteiger partial charge is 0.312 e. The zero-order valence-corrected chi connectivity index (χ0v) is 13.5. The van der Waals surface area contributed by atoms with Gasteiger partial charge in [-0.15, -0.1) is 0 Å². The molecule has 20 heavy (non-hydrogen) atoms. The van der Waals surface area contributed by atoms with Crippen molar-refractivity contribution in [3.05, 3.63) is 18.0 Å². The lowest BCUT2D eigenvalue weighted by molar-refractivity contribution is 0.190. The molecule has 0 aromatic carbocycles. The standard InChI is InChI=1S/C16H30N4/c1-5-19-8-6-14(7-9-19)10-17-11-15-12-18-20(13-15)16(2,3)4/h12-14,17H,5-11H2,1-4H3. The molecule has 1 aromatic heterocycles. The van der Waals surface area contributed by atoms with E-state index in [2.05, 4.69) is 49.2 Å². The van der Waals surface area contributed by atoms with Gasteiger partial charge in [0, 0.05) is 18.3 Å². The number of likely N-dealkylation sites (tertiary alicyclic amines) is 1. The molecule has 1 fully saturated rings. The van der Waals surface area contributed by atoms with Crippen LogP contribution in [0.3, 0.4) is 0 Å². The number of hydrogen-bond donors (Lipinski definition) is 1. The average molecular weight is 278 g/mol. The zero-order chi connectivity index (χ0) is 14.6. The van der Waals surface area contributed by atoms with Crippen LogP contribution >= 0.6 is 0 Å². The van der Waals surface area contributed by atoms with Gasteiger partial charge in [-0.05, 0) is 65.7 Å². The highest BCUT2D eigenvalue weighted by atomic mass is 15.3. The van der Waals surface area contributed by atoms with Crippen LogP contribution in [-0.4, -0.2) is 40.9 Å². The molecule has 0 bridgehead atoms. The molecule has 0 atom stereocenters. The quantitative estimate of drug-likeness (QED) is 0.898. The fraction of sp³-hybridized carbons (Fsp3) is 0.812. The molecular formula is C16H30N4. The van der Waals surface area contributed by atoms with E-state index in [1.165, 1.54) is 38.0 Å². The van der Waals surface area contributed by atoms with E-state index in [1.807, 2.05) is 10.9 Å². The van der Waals surface area contributed by atoms with Gasteiger partial charge in [-0.2, -0.15) is 5.10 Å². The third-order valence-corrected chi connectivity index (χ3v) is 4.24. The van der Waals surface area contributed by atoms with Gasteiger partial charge >= 0.3 is 0 Å². The number of nitrogens with one attached hydrogen (secondary N) is 1. The van der Waals surface area contributed by atoms with Crippen LogP contribution < -0.4 is 5.32 Å². The van der Waals surface area contributed by atoms with Crippen LogP contribution in [0.4, 0.5) is 0 Å². The van der Waals surface area contributed by atoms with Crippen molar-refractivity contribution >= 4 is 0 Å². The second-order valence-corrected chi connectivity index (χ2v) is 6.97. The highest BCUT2D eigenvalue weighted by Crippen LogP contribution is 2.16. The first-order valence-electron chi connectivity index (χ1n) is 7.96. The molecule has 2 rings (SSSR count). The fourth-order valence-electron chi connectivity index (χ4n) is 2.75. The molecule has 4 heteroatoms. The molecule has 0 aliphatic carbocycles. The topological polar surface area (TPSA) is 33.1 Å². The molecule has 0 amide bonds. The first kappa shape index (κ1) is 15.5. The summed E-state index contributed by atoms with van der Waals surface area (Å²) in [6.07, 6.45) is 6.81. The maximum absolute atomic E-state index is 4.44. The number of nitrogens with zero attached hydrogens (tertiary/aromatic N) is 3. The Balaban J connectivity index is 1.70.